The third kappa shape index (κ3) is 2.82. The lowest BCUT2D eigenvalue weighted by Crippen LogP contribution is -2.47. The van der Waals surface area contributed by atoms with Crippen LogP contribution in [0.1, 0.15) is 19.7 Å². The zero-order valence-electron chi connectivity index (χ0n) is 12.6. The Morgan fingerprint density at radius 3 is 2.95 bits per heavy atom. The highest BCUT2D eigenvalue weighted by Crippen LogP contribution is 2.21. The van der Waals surface area contributed by atoms with E-state index < -0.39 is 0 Å². The summed E-state index contributed by atoms with van der Waals surface area (Å²) in [4.78, 5) is 11.4. The Labute approximate surface area is 123 Å². The van der Waals surface area contributed by atoms with Crippen LogP contribution in [0.3, 0.4) is 0 Å². The van der Waals surface area contributed by atoms with Gasteiger partial charge in [-0.1, -0.05) is 0 Å². The summed E-state index contributed by atoms with van der Waals surface area (Å²) in [5.74, 6) is 6.90. The third-order valence-corrected chi connectivity index (χ3v) is 3.64. The maximum Gasteiger partial charge on any atom is 0.163 e. The second-order valence-electron chi connectivity index (χ2n) is 5.96. The molecular weight excluding hydrogens is 270 g/mol. The summed E-state index contributed by atoms with van der Waals surface area (Å²) < 4.78 is 7.45. The molecule has 0 saturated carbocycles. The minimum atomic E-state index is -0.135. The Morgan fingerprint density at radius 1 is 1.43 bits per heavy atom. The number of ether oxygens (including phenoxy) is 1. The van der Waals surface area contributed by atoms with E-state index in [1.807, 2.05) is 7.05 Å². The number of anilines is 1. The predicted octanol–water partition coefficient (Wildman–Crippen LogP) is 0.260. The van der Waals surface area contributed by atoms with Crippen molar-refractivity contribution in [3.63, 3.8) is 0 Å². The van der Waals surface area contributed by atoms with Crippen molar-refractivity contribution in [3.05, 3.63) is 12.0 Å². The van der Waals surface area contributed by atoms with Crippen LogP contribution in [0.15, 0.2) is 6.20 Å². The number of nitrogens with one attached hydrogen (secondary N) is 1. The van der Waals surface area contributed by atoms with E-state index in [0.717, 1.165) is 36.6 Å². The third-order valence-electron chi connectivity index (χ3n) is 3.64. The van der Waals surface area contributed by atoms with E-state index in [0.29, 0.717) is 12.4 Å². The Balaban J connectivity index is 1.88. The summed E-state index contributed by atoms with van der Waals surface area (Å²) in [5.41, 5.74) is 3.27. The molecule has 1 saturated heterocycles. The molecule has 2 aromatic heterocycles. The van der Waals surface area contributed by atoms with E-state index in [4.69, 9.17) is 10.6 Å². The molecule has 3 heterocycles. The van der Waals surface area contributed by atoms with Gasteiger partial charge < -0.3 is 10.2 Å². The summed E-state index contributed by atoms with van der Waals surface area (Å²) >= 11 is 0. The van der Waals surface area contributed by atoms with Crippen molar-refractivity contribution in [2.45, 2.75) is 26.0 Å². The number of hydrogen-bond acceptors (Lipinski definition) is 7. The molecule has 3 N–H and O–H groups in total. The Bertz CT molecular complexity index is 651. The summed E-state index contributed by atoms with van der Waals surface area (Å²) in [6, 6.07) is 0. The van der Waals surface area contributed by atoms with E-state index >= 15 is 0 Å². The molecule has 8 nitrogen and oxygen atoms in total. The number of fused-ring (bicyclic) bond motifs is 1. The molecule has 0 amide bonds. The number of hydrogen-bond donors (Lipinski definition) is 2. The van der Waals surface area contributed by atoms with Crippen molar-refractivity contribution in [2.75, 3.05) is 25.1 Å². The Hall–Kier alpha value is -1.77. The highest BCUT2D eigenvalue weighted by molar-refractivity contribution is 5.86. The van der Waals surface area contributed by atoms with Crippen molar-refractivity contribution in [1.82, 2.24) is 24.6 Å². The quantitative estimate of drug-likeness (QED) is 0.618. The largest absolute Gasteiger partial charge is 0.373 e. The number of nitrogen functional groups attached to an aromatic ring is 1. The second-order valence-corrected chi connectivity index (χ2v) is 5.96. The molecule has 0 radical (unpaired) electrons. The van der Waals surface area contributed by atoms with Gasteiger partial charge in [0, 0.05) is 20.1 Å². The fourth-order valence-electron chi connectivity index (χ4n) is 2.70. The molecule has 1 fully saturated rings. The molecule has 1 aliphatic heterocycles. The van der Waals surface area contributed by atoms with Gasteiger partial charge >= 0.3 is 0 Å². The molecule has 0 atom stereocenters. The summed E-state index contributed by atoms with van der Waals surface area (Å²) in [6.07, 6.45) is 1.71. The molecule has 0 aliphatic carbocycles. The van der Waals surface area contributed by atoms with Gasteiger partial charge in [0.1, 0.15) is 5.82 Å². The zero-order valence-corrected chi connectivity index (χ0v) is 12.6. The molecular formula is C13H21N7O. The van der Waals surface area contributed by atoms with Gasteiger partial charge in [-0.25, -0.2) is 15.8 Å². The lowest BCUT2D eigenvalue weighted by molar-refractivity contribution is -0.0887. The number of hydrazine groups is 1. The number of rotatable bonds is 3. The van der Waals surface area contributed by atoms with E-state index in [1.54, 1.807) is 10.9 Å². The lowest BCUT2D eigenvalue weighted by atomic mass is 10.1. The first-order chi connectivity index (χ1) is 9.98. The number of aryl methyl sites for hydroxylation is 1. The number of morpholine rings is 1. The predicted molar refractivity (Wildman–Crippen MR) is 79.4 cm³/mol. The molecule has 0 bridgehead atoms. The van der Waals surface area contributed by atoms with Crippen molar-refractivity contribution < 1.29 is 4.74 Å². The van der Waals surface area contributed by atoms with Gasteiger partial charge in [-0.3, -0.25) is 9.58 Å². The van der Waals surface area contributed by atoms with Crippen LogP contribution < -0.4 is 11.3 Å². The Morgan fingerprint density at radius 2 is 2.24 bits per heavy atom. The lowest BCUT2D eigenvalue weighted by Gasteiger charge is -2.37. The molecule has 114 valence electrons. The average Bonchev–Trinajstić information content (AvgIpc) is 2.79. The average molecular weight is 291 g/mol. The van der Waals surface area contributed by atoms with Crippen LogP contribution >= 0.6 is 0 Å². The monoisotopic (exact) mass is 291 g/mol. The van der Waals surface area contributed by atoms with Crippen molar-refractivity contribution in [3.8, 4) is 0 Å². The van der Waals surface area contributed by atoms with Crippen molar-refractivity contribution >= 4 is 16.9 Å². The van der Waals surface area contributed by atoms with Crippen LogP contribution in [0, 0.1) is 0 Å². The fourth-order valence-corrected chi connectivity index (χ4v) is 2.70. The number of nitrogens with two attached hydrogens (primary N) is 1. The van der Waals surface area contributed by atoms with Gasteiger partial charge in [-0.05, 0) is 13.8 Å². The smallest absolute Gasteiger partial charge is 0.163 e. The van der Waals surface area contributed by atoms with Gasteiger partial charge in [-0.15, -0.1) is 0 Å². The van der Waals surface area contributed by atoms with Crippen molar-refractivity contribution in [1.29, 1.82) is 0 Å². The zero-order chi connectivity index (χ0) is 15.0. The van der Waals surface area contributed by atoms with Crippen molar-refractivity contribution in [2.24, 2.45) is 12.9 Å². The highest BCUT2D eigenvalue weighted by Gasteiger charge is 2.27. The van der Waals surface area contributed by atoms with Crippen LogP contribution in [0.4, 0.5) is 5.82 Å². The van der Waals surface area contributed by atoms with Gasteiger partial charge in [0.2, 0.25) is 0 Å². The molecule has 0 aromatic carbocycles. The maximum atomic E-state index is 5.73. The summed E-state index contributed by atoms with van der Waals surface area (Å²) in [5, 5.41) is 5.03. The Kier molecular flexibility index (Phi) is 3.52. The van der Waals surface area contributed by atoms with Gasteiger partial charge in [0.25, 0.3) is 0 Å². The van der Waals surface area contributed by atoms with Gasteiger partial charge in [0.05, 0.1) is 30.3 Å². The minimum Gasteiger partial charge on any atom is -0.373 e. The van der Waals surface area contributed by atoms with Crippen LogP contribution in [0.2, 0.25) is 0 Å². The molecule has 0 unspecified atom stereocenters. The summed E-state index contributed by atoms with van der Waals surface area (Å²) in [6.45, 7) is 7.31. The number of aromatic nitrogens is 4. The SMILES string of the molecule is Cn1ncc2c(NN)nc(CN3CCOC(C)(C)C3)nc21. The van der Waals surface area contributed by atoms with Gasteiger partial charge in [0.15, 0.2) is 11.5 Å². The molecule has 21 heavy (non-hydrogen) atoms. The standard InChI is InChI=1S/C13H21N7O/c1-13(2)8-20(4-5-21-13)7-10-16-11(18-14)9-6-15-19(3)12(9)17-10/h6H,4-5,7-8,14H2,1-3H3,(H,16,17,18). The molecule has 1 aliphatic rings. The van der Waals surface area contributed by atoms with E-state index in [9.17, 15) is 0 Å². The van der Waals surface area contributed by atoms with Crippen LogP contribution in [0.25, 0.3) is 11.0 Å². The van der Waals surface area contributed by atoms with E-state index in [1.165, 1.54) is 0 Å². The maximum absolute atomic E-state index is 5.73. The molecule has 8 heteroatoms. The van der Waals surface area contributed by atoms with E-state index in [2.05, 4.69) is 39.2 Å². The topological polar surface area (TPSA) is 94.1 Å². The van der Waals surface area contributed by atoms with Gasteiger partial charge in [-0.2, -0.15) is 5.10 Å². The second kappa shape index (κ2) is 5.21. The number of nitrogens with zero attached hydrogens (tertiary/aromatic N) is 5. The fraction of sp³-hybridized carbons (Fsp3) is 0.615. The molecule has 2 aromatic rings. The minimum absolute atomic E-state index is 0.135. The first-order valence-corrected chi connectivity index (χ1v) is 7.00. The summed E-state index contributed by atoms with van der Waals surface area (Å²) in [7, 11) is 1.86. The highest BCUT2D eigenvalue weighted by atomic mass is 16.5. The van der Waals surface area contributed by atoms with Crippen LogP contribution in [-0.2, 0) is 18.3 Å². The first-order valence-electron chi connectivity index (χ1n) is 7.00. The van der Waals surface area contributed by atoms with Crippen LogP contribution in [0.5, 0.6) is 0 Å². The van der Waals surface area contributed by atoms with Crippen LogP contribution in [-0.4, -0.2) is 49.9 Å². The normalized spacial score (nSPS) is 19.0. The molecule has 0 spiro atoms. The van der Waals surface area contributed by atoms with E-state index in [-0.39, 0.29) is 5.60 Å². The first kappa shape index (κ1) is 14.2. The molecule has 3 rings (SSSR count).